The SMILES string of the molecule is CCc1c(N)n[nH]c1-c1ccc(OCc2ccccc2)cc1. The first-order chi connectivity index (χ1) is 10.8. The number of ether oxygens (including phenoxy) is 1. The van der Waals surface area contributed by atoms with Crippen molar-refractivity contribution in [2.75, 3.05) is 5.73 Å². The van der Waals surface area contributed by atoms with Crippen LogP contribution in [0.3, 0.4) is 0 Å². The zero-order valence-corrected chi connectivity index (χ0v) is 12.5. The maximum Gasteiger partial charge on any atom is 0.149 e. The third-order valence-electron chi connectivity index (χ3n) is 3.64. The Bertz CT molecular complexity index is 733. The number of aromatic nitrogens is 2. The van der Waals surface area contributed by atoms with Crippen LogP contribution in [0.2, 0.25) is 0 Å². The number of rotatable bonds is 5. The molecule has 0 aliphatic carbocycles. The zero-order chi connectivity index (χ0) is 15.4. The molecule has 0 aliphatic rings. The van der Waals surface area contributed by atoms with E-state index in [1.54, 1.807) is 0 Å². The van der Waals surface area contributed by atoms with Crippen LogP contribution in [-0.4, -0.2) is 10.2 Å². The van der Waals surface area contributed by atoms with Gasteiger partial charge in [0.05, 0.1) is 5.69 Å². The molecule has 0 radical (unpaired) electrons. The van der Waals surface area contributed by atoms with Gasteiger partial charge in [0.15, 0.2) is 0 Å². The van der Waals surface area contributed by atoms with Gasteiger partial charge >= 0.3 is 0 Å². The first-order valence-corrected chi connectivity index (χ1v) is 7.37. The quantitative estimate of drug-likeness (QED) is 0.752. The molecule has 0 amide bonds. The summed E-state index contributed by atoms with van der Waals surface area (Å²) in [6.45, 7) is 2.64. The summed E-state index contributed by atoms with van der Waals surface area (Å²) in [5.41, 5.74) is 10.1. The molecule has 0 saturated heterocycles. The van der Waals surface area contributed by atoms with Crippen molar-refractivity contribution in [3.63, 3.8) is 0 Å². The molecule has 0 aliphatic heterocycles. The normalized spacial score (nSPS) is 10.6. The van der Waals surface area contributed by atoms with Crippen LogP contribution in [0.15, 0.2) is 54.6 Å². The number of aromatic amines is 1. The Morgan fingerprint density at radius 3 is 2.45 bits per heavy atom. The van der Waals surface area contributed by atoms with E-state index in [9.17, 15) is 0 Å². The molecule has 0 atom stereocenters. The van der Waals surface area contributed by atoms with Gasteiger partial charge < -0.3 is 10.5 Å². The highest BCUT2D eigenvalue weighted by Crippen LogP contribution is 2.27. The van der Waals surface area contributed by atoms with E-state index in [1.807, 2.05) is 42.5 Å². The van der Waals surface area contributed by atoms with Crippen molar-refractivity contribution in [3.05, 3.63) is 65.7 Å². The van der Waals surface area contributed by atoms with Crippen molar-refractivity contribution >= 4 is 5.82 Å². The summed E-state index contributed by atoms with van der Waals surface area (Å²) in [6, 6.07) is 18.1. The number of nitrogens with two attached hydrogens (primary N) is 1. The fourth-order valence-electron chi connectivity index (χ4n) is 2.43. The summed E-state index contributed by atoms with van der Waals surface area (Å²) in [5, 5.41) is 7.09. The molecule has 3 N–H and O–H groups in total. The number of nitrogens with zero attached hydrogens (tertiary/aromatic N) is 1. The topological polar surface area (TPSA) is 63.9 Å². The van der Waals surface area contributed by atoms with Crippen molar-refractivity contribution in [2.45, 2.75) is 20.0 Å². The lowest BCUT2D eigenvalue weighted by molar-refractivity contribution is 0.306. The molecule has 1 aromatic heterocycles. The van der Waals surface area contributed by atoms with Crippen LogP contribution in [0.1, 0.15) is 18.1 Å². The number of hydrogen-bond acceptors (Lipinski definition) is 3. The molecule has 4 heteroatoms. The molecule has 0 spiro atoms. The van der Waals surface area contributed by atoms with Gasteiger partial charge in [0.25, 0.3) is 0 Å². The predicted molar refractivity (Wildman–Crippen MR) is 88.6 cm³/mol. The van der Waals surface area contributed by atoms with Gasteiger partial charge in [0.2, 0.25) is 0 Å². The molecule has 0 fully saturated rings. The average Bonchev–Trinajstić information content (AvgIpc) is 2.95. The van der Waals surface area contributed by atoms with Gasteiger partial charge in [0, 0.05) is 11.1 Å². The first-order valence-electron chi connectivity index (χ1n) is 7.37. The second-order valence-electron chi connectivity index (χ2n) is 5.11. The Morgan fingerprint density at radius 1 is 1.05 bits per heavy atom. The van der Waals surface area contributed by atoms with Crippen LogP contribution in [0.5, 0.6) is 5.75 Å². The third kappa shape index (κ3) is 2.96. The monoisotopic (exact) mass is 293 g/mol. The summed E-state index contributed by atoms with van der Waals surface area (Å²) in [5.74, 6) is 1.42. The number of benzene rings is 2. The Labute approximate surface area is 129 Å². The highest BCUT2D eigenvalue weighted by Gasteiger charge is 2.10. The van der Waals surface area contributed by atoms with Gasteiger partial charge in [0.1, 0.15) is 18.2 Å². The van der Waals surface area contributed by atoms with E-state index in [0.717, 1.165) is 34.6 Å². The minimum atomic E-state index is 0.567. The average molecular weight is 293 g/mol. The second kappa shape index (κ2) is 6.35. The fourth-order valence-corrected chi connectivity index (χ4v) is 2.43. The van der Waals surface area contributed by atoms with Gasteiger partial charge in [-0.3, -0.25) is 5.10 Å². The Kier molecular flexibility index (Phi) is 4.10. The molecule has 0 bridgehead atoms. The van der Waals surface area contributed by atoms with Crippen LogP contribution >= 0.6 is 0 Å². The van der Waals surface area contributed by atoms with Crippen LogP contribution in [0.4, 0.5) is 5.82 Å². The molecule has 0 saturated carbocycles. The highest BCUT2D eigenvalue weighted by molar-refractivity contribution is 5.68. The summed E-state index contributed by atoms with van der Waals surface area (Å²) < 4.78 is 5.79. The Balaban J connectivity index is 1.72. The van der Waals surface area contributed by atoms with Crippen molar-refractivity contribution < 1.29 is 4.74 Å². The highest BCUT2D eigenvalue weighted by atomic mass is 16.5. The molecule has 22 heavy (non-hydrogen) atoms. The molecular formula is C18H19N3O. The van der Waals surface area contributed by atoms with Crippen LogP contribution < -0.4 is 10.5 Å². The van der Waals surface area contributed by atoms with Gasteiger partial charge in [-0.2, -0.15) is 5.10 Å². The number of H-pyrrole nitrogens is 1. The standard InChI is InChI=1S/C18H19N3O/c1-2-16-17(20-21-18(16)19)14-8-10-15(11-9-14)22-12-13-6-4-3-5-7-13/h3-11H,2,12H2,1H3,(H3,19,20,21). The number of hydrogen-bond donors (Lipinski definition) is 2. The molecule has 4 nitrogen and oxygen atoms in total. The number of nitrogens with one attached hydrogen (secondary N) is 1. The zero-order valence-electron chi connectivity index (χ0n) is 12.5. The number of nitrogen functional groups attached to an aromatic ring is 1. The van der Waals surface area contributed by atoms with Gasteiger partial charge in [-0.15, -0.1) is 0 Å². The Morgan fingerprint density at radius 2 is 1.77 bits per heavy atom. The molecule has 2 aromatic carbocycles. The van der Waals surface area contributed by atoms with E-state index in [1.165, 1.54) is 0 Å². The van der Waals surface area contributed by atoms with E-state index in [-0.39, 0.29) is 0 Å². The third-order valence-corrected chi connectivity index (χ3v) is 3.64. The molecule has 112 valence electrons. The Hall–Kier alpha value is -2.75. The largest absolute Gasteiger partial charge is 0.489 e. The maximum atomic E-state index is 5.86. The van der Waals surface area contributed by atoms with Gasteiger partial charge in [-0.05, 0) is 36.2 Å². The van der Waals surface area contributed by atoms with Crippen LogP contribution in [-0.2, 0) is 13.0 Å². The smallest absolute Gasteiger partial charge is 0.149 e. The van der Waals surface area contributed by atoms with E-state index in [4.69, 9.17) is 10.5 Å². The van der Waals surface area contributed by atoms with Gasteiger partial charge in [-0.25, -0.2) is 0 Å². The maximum absolute atomic E-state index is 5.86. The lowest BCUT2D eigenvalue weighted by atomic mass is 10.1. The summed E-state index contributed by atoms with van der Waals surface area (Å²) >= 11 is 0. The molecule has 3 rings (SSSR count). The van der Waals surface area contributed by atoms with E-state index >= 15 is 0 Å². The second-order valence-corrected chi connectivity index (χ2v) is 5.11. The summed E-state index contributed by atoms with van der Waals surface area (Å²) in [6.07, 6.45) is 0.851. The molecule has 3 aromatic rings. The van der Waals surface area contributed by atoms with E-state index in [2.05, 4.69) is 29.3 Å². The lowest BCUT2D eigenvalue weighted by Gasteiger charge is -2.07. The first kappa shape index (κ1) is 14.2. The summed E-state index contributed by atoms with van der Waals surface area (Å²) in [4.78, 5) is 0. The van der Waals surface area contributed by atoms with Crippen molar-refractivity contribution in [3.8, 4) is 17.0 Å². The van der Waals surface area contributed by atoms with Crippen LogP contribution in [0, 0.1) is 0 Å². The molecular weight excluding hydrogens is 274 g/mol. The van der Waals surface area contributed by atoms with E-state index < -0.39 is 0 Å². The predicted octanol–water partition coefficient (Wildman–Crippen LogP) is 3.80. The number of anilines is 1. The minimum absolute atomic E-state index is 0.567. The lowest BCUT2D eigenvalue weighted by Crippen LogP contribution is -1.95. The van der Waals surface area contributed by atoms with Crippen LogP contribution in [0.25, 0.3) is 11.3 Å². The fraction of sp³-hybridized carbons (Fsp3) is 0.167. The van der Waals surface area contributed by atoms with Crippen molar-refractivity contribution in [2.24, 2.45) is 0 Å². The minimum Gasteiger partial charge on any atom is -0.489 e. The van der Waals surface area contributed by atoms with Gasteiger partial charge in [-0.1, -0.05) is 37.3 Å². The summed E-state index contributed by atoms with van der Waals surface area (Å²) in [7, 11) is 0. The van der Waals surface area contributed by atoms with E-state index in [0.29, 0.717) is 12.4 Å². The molecule has 1 heterocycles. The molecule has 0 unspecified atom stereocenters. The van der Waals surface area contributed by atoms with Crippen molar-refractivity contribution in [1.82, 2.24) is 10.2 Å². The van der Waals surface area contributed by atoms with Crippen molar-refractivity contribution in [1.29, 1.82) is 0 Å².